The molecule has 0 radical (unpaired) electrons. The topological polar surface area (TPSA) is 66.8 Å². The second-order valence-electron chi connectivity index (χ2n) is 5.52. The van der Waals surface area contributed by atoms with Gasteiger partial charge in [0.25, 0.3) is 0 Å². The van der Waals surface area contributed by atoms with Gasteiger partial charge in [-0.15, -0.1) is 0 Å². The maximum Gasteiger partial charge on any atom is 0.410 e. The second-order valence-corrected chi connectivity index (χ2v) is 5.52. The highest BCUT2D eigenvalue weighted by atomic mass is 19.1. The second kappa shape index (κ2) is 6.56. The van der Waals surface area contributed by atoms with Gasteiger partial charge in [0.05, 0.1) is 12.5 Å². The Balaban J connectivity index is 3.32. The van der Waals surface area contributed by atoms with Gasteiger partial charge in [-0.1, -0.05) is 12.1 Å². The number of hydrogen-bond donors (Lipinski definition) is 1. The Morgan fingerprint density at radius 3 is 2.38 bits per heavy atom. The van der Waals surface area contributed by atoms with Crippen LogP contribution in [-0.2, 0) is 9.53 Å². The third-order valence-corrected chi connectivity index (χ3v) is 2.52. The summed E-state index contributed by atoms with van der Waals surface area (Å²) in [6.07, 6.45) is -1.83. The van der Waals surface area contributed by atoms with Crippen molar-refractivity contribution in [3.63, 3.8) is 0 Å². The SMILES string of the molecule is [2H]C([2H])([2H])N(C(=O)OC(C)(C)C)[C@H](CC(=O)O)c1ccc(F)cc1. The van der Waals surface area contributed by atoms with Gasteiger partial charge in [-0.05, 0) is 38.5 Å². The lowest BCUT2D eigenvalue weighted by Gasteiger charge is -2.30. The number of carboxylic acids is 1. The number of halogens is 1. The molecular formula is C15H20FNO4. The summed E-state index contributed by atoms with van der Waals surface area (Å²) in [5.41, 5.74) is -0.780. The molecule has 1 aromatic carbocycles. The molecule has 116 valence electrons. The van der Waals surface area contributed by atoms with E-state index in [4.69, 9.17) is 14.0 Å². The van der Waals surface area contributed by atoms with Crippen LogP contribution in [0.5, 0.6) is 0 Å². The van der Waals surface area contributed by atoms with Crippen molar-refractivity contribution in [2.75, 3.05) is 6.98 Å². The minimum atomic E-state index is -2.93. The normalized spacial score (nSPS) is 15.3. The molecule has 5 nitrogen and oxygen atoms in total. The number of nitrogens with zero attached hydrogens (tertiary/aromatic N) is 1. The smallest absolute Gasteiger partial charge is 0.410 e. The van der Waals surface area contributed by atoms with E-state index in [1.54, 1.807) is 20.8 Å². The maximum atomic E-state index is 13.1. The van der Waals surface area contributed by atoms with E-state index in [0.29, 0.717) is 4.90 Å². The molecule has 0 bridgehead atoms. The van der Waals surface area contributed by atoms with Crippen molar-refractivity contribution in [1.82, 2.24) is 4.90 Å². The summed E-state index contributed by atoms with van der Waals surface area (Å²) in [6.45, 7) is 1.75. The van der Waals surface area contributed by atoms with Crippen LogP contribution < -0.4 is 0 Å². The number of rotatable bonds is 4. The van der Waals surface area contributed by atoms with Crippen LogP contribution in [0, 0.1) is 5.82 Å². The summed E-state index contributed by atoms with van der Waals surface area (Å²) in [5, 5.41) is 9.09. The van der Waals surface area contributed by atoms with Gasteiger partial charge in [0.2, 0.25) is 0 Å². The number of carboxylic acid groups (broad SMARTS) is 1. The lowest BCUT2D eigenvalue weighted by Crippen LogP contribution is -2.37. The Labute approximate surface area is 127 Å². The van der Waals surface area contributed by atoms with E-state index < -0.39 is 42.9 Å². The van der Waals surface area contributed by atoms with Crippen LogP contribution in [-0.4, -0.2) is 34.6 Å². The van der Waals surface area contributed by atoms with Gasteiger partial charge in [-0.25, -0.2) is 9.18 Å². The summed E-state index contributed by atoms with van der Waals surface area (Å²) in [4.78, 5) is 23.9. The van der Waals surface area contributed by atoms with Gasteiger partial charge in [-0.3, -0.25) is 4.79 Å². The minimum absolute atomic E-state index is 0.181. The van der Waals surface area contributed by atoms with Crippen molar-refractivity contribution < 1.29 is 27.9 Å². The van der Waals surface area contributed by atoms with E-state index in [-0.39, 0.29) is 5.56 Å². The molecule has 0 aliphatic heterocycles. The fourth-order valence-electron chi connectivity index (χ4n) is 1.65. The van der Waals surface area contributed by atoms with E-state index in [1.165, 1.54) is 12.1 Å². The van der Waals surface area contributed by atoms with Crippen LogP contribution in [0.4, 0.5) is 9.18 Å². The number of aliphatic carboxylic acids is 1. The van der Waals surface area contributed by atoms with E-state index in [0.717, 1.165) is 12.1 Å². The molecule has 0 saturated heterocycles. The van der Waals surface area contributed by atoms with Crippen molar-refractivity contribution in [3.8, 4) is 0 Å². The van der Waals surface area contributed by atoms with E-state index >= 15 is 0 Å². The third kappa shape index (κ3) is 5.41. The zero-order valence-electron chi connectivity index (χ0n) is 15.1. The van der Waals surface area contributed by atoms with Crippen LogP contribution >= 0.6 is 0 Å². The van der Waals surface area contributed by atoms with E-state index in [9.17, 15) is 14.0 Å². The highest BCUT2D eigenvalue weighted by Gasteiger charge is 2.28. The Hall–Kier alpha value is -2.11. The fraction of sp³-hybridized carbons (Fsp3) is 0.467. The molecule has 21 heavy (non-hydrogen) atoms. The fourth-order valence-corrected chi connectivity index (χ4v) is 1.65. The van der Waals surface area contributed by atoms with Crippen LogP contribution in [0.2, 0.25) is 0 Å². The summed E-state index contributed by atoms with van der Waals surface area (Å²) < 4.78 is 40.9. The number of carbonyl (C=O) groups is 2. The first-order valence-corrected chi connectivity index (χ1v) is 6.31. The van der Waals surface area contributed by atoms with Gasteiger partial charge < -0.3 is 14.7 Å². The number of carbonyl (C=O) groups excluding carboxylic acids is 1. The Morgan fingerprint density at radius 2 is 1.95 bits per heavy atom. The monoisotopic (exact) mass is 300 g/mol. The van der Waals surface area contributed by atoms with Crippen molar-refractivity contribution >= 4 is 12.1 Å². The molecule has 0 aliphatic carbocycles. The number of benzene rings is 1. The summed E-state index contributed by atoms with van der Waals surface area (Å²) in [6, 6.07) is 3.29. The van der Waals surface area contributed by atoms with E-state index in [1.807, 2.05) is 0 Å². The Morgan fingerprint density at radius 1 is 1.38 bits per heavy atom. The molecule has 1 amide bonds. The molecule has 0 unspecified atom stereocenters. The summed E-state index contributed by atoms with van der Waals surface area (Å²) in [5.74, 6) is -1.87. The standard InChI is InChI=1S/C15H20FNO4/c1-15(2,3)21-14(20)17(4)12(9-13(18)19)10-5-7-11(16)8-6-10/h5-8,12H,9H2,1-4H3,(H,18,19)/t12-/m1/s1/i4D3. The maximum absolute atomic E-state index is 13.1. The van der Waals surface area contributed by atoms with E-state index in [2.05, 4.69) is 0 Å². The Bertz CT molecular complexity index is 596. The highest BCUT2D eigenvalue weighted by molar-refractivity contribution is 5.72. The predicted molar refractivity (Wildman–Crippen MR) is 75.4 cm³/mol. The molecule has 1 atom stereocenters. The lowest BCUT2D eigenvalue weighted by molar-refractivity contribution is -0.138. The van der Waals surface area contributed by atoms with Crippen molar-refractivity contribution in [2.24, 2.45) is 0 Å². The first-order chi connectivity index (χ1) is 10.8. The molecule has 0 aromatic heterocycles. The Kier molecular flexibility index (Phi) is 3.94. The first-order valence-electron chi connectivity index (χ1n) is 7.81. The summed E-state index contributed by atoms with van der Waals surface area (Å²) in [7, 11) is 0. The molecule has 1 N–H and O–H groups in total. The van der Waals surface area contributed by atoms with Crippen LogP contribution in [0.3, 0.4) is 0 Å². The number of hydrogen-bond acceptors (Lipinski definition) is 3. The van der Waals surface area contributed by atoms with Gasteiger partial charge >= 0.3 is 12.1 Å². The number of amides is 1. The molecule has 0 heterocycles. The molecule has 0 spiro atoms. The molecule has 0 fully saturated rings. The molecule has 0 saturated carbocycles. The van der Waals surface area contributed by atoms with Gasteiger partial charge in [0, 0.05) is 11.1 Å². The largest absolute Gasteiger partial charge is 0.481 e. The lowest BCUT2D eigenvalue weighted by atomic mass is 10.0. The molecular weight excluding hydrogens is 277 g/mol. The molecule has 1 aromatic rings. The first kappa shape index (κ1) is 12.6. The molecule has 1 rings (SSSR count). The third-order valence-electron chi connectivity index (χ3n) is 2.52. The predicted octanol–water partition coefficient (Wildman–Crippen LogP) is 3.21. The highest BCUT2D eigenvalue weighted by Crippen LogP contribution is 2.25. The minimum Gasteiger partial charge on any atom is -0.481 e. The van der Waals surface area contributed by atoms with Gasteiger partial charge in [0.1, 0.15) is 11.4 Å². The molecule has 6 heteroatoms. The average Bonchev–Trinajstić information content (AvgIpc) is 2.34. The summed E-state index contributed by atoms with van der Waals surface area (Å²) >= 11 is 0. The average molecular weight is 300 g/mol. The molecule has 0 aliphatic rings. The quantitative estimate of drug-likeness (QED) is 0.927. The van der Waals surface area contributed by atoms with Crippen LogP contribution in [0.15, 0.2) is 24.3 Å². The zero-order chi connectivity index (χ0) is 18.7. The zero-order valence-corrected chi connectivity index (χ0v) is 12.1. The van der Waals surface area contributed by atoms with Gasteiger partial charge in [0.15, 0.2) is 0 Å². The van der Waals surface area contributed by atoms with Crippen LogP contribution in [0.1, 0.15) is 42.9 Å². The number of ether oxygens (including phenoxy) is 1. The van der Waals surface area contributed by atoms with Crippen molar-refractivity contribution in [3.05, 3.63) is 35.6 Å². The van der Waals surface area contributed by atoms with Gasteiger partial charge in [-0.2, -0.15) is 0 Å². The van der Waals surface area contributed by atoms with Crippen LogP contribution in [0.25, 0.3) is 0 Å². The van der Waals surface area contributed by atoms with Crippen molar-refractivity contribution in [2.45, 2.75) is 38.8 Å². The van der Waals surface area contributed by atoms with Crippen molar-refractivity contribution in [1.29, 1.82) is 0 Å².